The van der Waals surface area contributed by atoms with Crippen LogP contribution in [-0.4, -0.2) is 42.0 Å². The average Bonchev–Trinajstić information content (AvgIpc) is 2.89. The molecule has 3 rings (SSSR count). The van der Waals surface area contributed by atoms with Gasteiger partial charge in [-0.3, -0.25) is 4.90 Å². The van der Waals surface area contributed by atoms with E-state index in [-0.39, 0.29) is 12.1 Å². The highest BCUT2D eigenvalue weighted by Gasteiger charge is 2.29. The highest BCUT2D eigenvalue weighted by Crippen LogP contribution is 2.33. The first-order valence-corrected chi connectivity index (χ1v) is 6.69. The summed E-state index contributed by atoms with van der Waals surface area (Å²) < 4.78 is 10.7. The Kier molecular flexibility index (Phi) is 3.35. The zero-order chi connectivity index (χ0) is 13.3. The maximum Gasteiger partial charge on any atom is 0.231 e. The second-order valence-electron chi connectivity index (χ2n) is 5.48. The highest BCUT2D eigenvalue weighted by molar-refractivity contribution is 5.44. The summed E-state index contributed by atoms with van der Waals surface area (Å²) in [7, 11) is 0. The number of ether oxygens (including phenoxy) is 2. The van der Waals surface area contributed by atoms with Crippen LogP contribution in [0.15, 0.2) is 18.2 Å². The van der Waals surface area contributed by atoms with Gasteiger partial charge in [0, 0.05) is 25.2 Å². The molecule has 0 spiro atoms. The molecule has 0 atom stereocenters. The zero-order valence-electron chi connectivity index (χ0n) is 11.0. The highest BCUT2D eigenvalue weighted by atomic mass is 16.7. The number of piperidine rings is 1. The quantitative estimate of drug-likeness (QED) is 0.841. The van der Waals surface area contributed by atoms with Gasteiger partial charge in [0.05, 0.1) is 6.61 Å². The predicted molar refractivity (Wildman–Crippen MR) is 71.1 cm³/mol. The summed E-state index contributed by atoms with van der Waals surface area (Å²) >= 11 is 0. The van der Waals surface area contributed by atoms with E-state index < -0.39 is 0 Å². The Bertz CT molecular complexity index is 456. The lowest BCUT2D eigenvalue weighted by Gasteiger charge is -2.38. The number of rotatable bonds is 3. The van der Waals surface area contributed by atoms with Crippen molar-refractivity contribution in [2.45, 2.75) is 24.9 Å². The van der Waals surface area contributed by atoms with Crippen LogP contribution in [0, 0.1) is 0 Å². The van der Waals surface area contributed by atoms with Crippen molar-refractivity contribution in [2.24, 2.45) is 5.73 Å². The molecule has 5 heteroatoms. The Morgan fingerprint density at radius 2 is 1.95 bits per heavy atom. The minimum atomic E-state index is -0.384. The second kappa shape index (κ2) is 5.00. The molecule has 5 nitrogen and oxygen atoms in total. The molecule has 0 radical (unpaired) electrons. The Morgan fingerprint density at radius 3 is 2.68 bits per heavy atom. The van der Waals surface area contributed by atoms with Gasteiger partial charge in [0.2, 0.25) is 6.79 Å². The summed E-state index contributed by atoms with van der Waals surface area (Å²) in [6.45, 7) is 3.12. The average molecular weight is 264 g/mol. The maximum absolute atomic E-state index is 9.26. The number of aliphatic hydroxyl groups excluding tert-OH is 1. The van der Waals surface area contributed by atoms with Crippen LogP contribution >= 0.6 is 0 Å². The van der Waals surface area contributed by atoms with Gasteiger partial charge in [-0.1, -0.05) is 6.07 Å². The van der Waals surface area contributed by atoms with E-state index >= 15 is 0 Å². The van der Waals surface area contributed by atoms with Gasteiger partial charge in [-0.25, -0.2) is 0 Å². The molecule has 104 valence electrons. The minimum absolute atomic E-state index is 0.0743. The van der Waals surface area contributed by atoms with Crippen molar-refractivity contribution in [3.05, 3.63) is 23.8 Å². The van der Waals surface area contributed by atoms with Gasteiger partial charge in [0.1, 0.15) is 0 Å². The predicted octanol–water partition coefficient (Wildman–Crippen LogP) is 0.701. The summed E-state index contributed by atoms with van der Waals surface area (Å²) in [6, 6.07) is 6.07. The fourth-order valence-electron chi connectivity index (χ4n) is 2.61. The second-order valence-corrected chi connectivity index (χ2v) is 5.48. The van der Waals surface area contributed by atoms with Gasteiger partial charge in [-0.2, -0.15) is 0 Å². The van der Waals surface area contributed by atoms with Crippen LogP contribution in [0.1, 0.15) is 18.4 Å². The van der Waals surface area contributed by atoms with Crippen LogP contribution < -0.4 is 15.2 Å². The van der Waals surface area contributed by atoms with E-state index in [4.69, 9.17) is 15.2 Å². The van der Waals surface area contributed by atoms with E-state index in [1.165, 1.54) is 5.56 Å². The Labute approximate surface area is 112 Å². The van der Waals surface area contributed by atoms with Crippen LogP contribution in [0.2, 0.25) is 0 Å². The normalized spacial score (nSPS) is 21.6. The number of benzene rings is 1. The van der Waals surface area contributed by atoms with Crippen molar-refractivity contribution >= 4 is 0 Å². The number of hydrogen-bond acceptors (Lipinski definition) is 5. The van der Waals surface area contributed by atoms with Crippen LogP contribution in [0.4, 0.5) is 0 Å². The van der Waals surface area contributed by atoms with Crippen molar-refractivity contribution in [1.82, 2.24) is 4.90 Å². The van der Waals surface area contributed by atoms with E-state index in [9.17, 15) is 5.11 Å². The molecule has 0 bridgehead atoms. The summed E-state index contributed by atoms with van der Waals surface area (Å²) in [5.74, 6) is 1.65. The van der Waals surface area contributed by atoms with E-state index in [1.54, 1.807) is 0 Å². The molecule has 0 aromatic heterocycles. The fourth-order valence-corrected chi connectivity index (χ4v) is 2.61. The van der Waals surface area contributed by atoms with Gasteiger partial charge < -0.3 is 20.3 Å². The molecule has 2 aliphatic rings. The maximum atomic E-state index is 9.26. The van der Waals surface area contributed by atoms with E-state index in [0.29, 0.717) is 6.79 Å². The Hall–Kier alpha value is -1.30. The van der Waals surface area contributed by atoms with Crippen LogP contribution in [0.5, 0.6) is 11.5 Å². The molecule has 2 aliphatic heterocycles. The molecule has 0 saturated carbocycles. The number of aliphatic hydroxyl groups is 1. The molecule has 3 N–H and O–H groups in total. The van der Waals surface area contributed by atoms with E-state index in [1.807, 2.05) is 12.1 Å². The monoisotopic (exact) mass is 264 g/mol. The molecular formula is C14H20N2O3. The first-order chi connectivity index (χ1) is 9.18. The van der Waals surface area contributed by atoms with Gasteiger partial charge >= 0.3 is 0 Å². The third kappa shape index (κ3) is 2.68. The lowest BCUT2D eigenvalue weighted by Crippen LogP contribution is -2.52. The number of likely N-dealkylation sites (tertiary alicyclic amines) is 1. The lowest BCUT2D eigenvalue weighted by atomic mass is 9.89. The minimum Gasteiger partial charge on any atom is -0.454 e. The van der Waals surface area contributed by atoms with Crippen molar-refractivity contribution in [3.63, 3.8) is 0 Å². The standard InChI is InChI=1S/C14H20N2O3/c15-14(9-17)3-5-16(6-4-14)8-11-1-2-12-13(7-11)19-10-18-12/h1-2,7,17H,3-6,8-10,15H2. The van der Waals surface area contributed by atoms with E-state index in [2.05, 4.69) is 11.0 Å². The largest absolute Gasteiger partial charge is 0.454 e. The molecule has 2 heterocycles. The molecule has 19 heavy (non-hydrogen) atoms. The number of nitrogens with two attached hydrogens (primary N) is 1. The molecule has 1 aromatic rings. The van der Waals surface area contributed by atoms with Gasteiger partial charge in [-0.05, 0) is 30.5 Å². The van der Waals surface area contributed by atoms with E-state index in [0.717, 1.165) is 44.0 Å². The van der Waals surface area contributed by atoms with Crippen molar-refractivity contribution in [3.8, 4) is 11.5 Å². The molecular weight excluding hydrogens is 244 g/mol. The smallest absolute Gasteiger partial charge is 0.231 e. The van der Waals surface area contributed by atoms with Crippen molar-refractivity contribution in [1.29, 1.82) is 0 Å². The van der Waals surface area contributed by atoms with Gasteiger partial charge in [0.25, 0.3) is 0 Å². The molecule has 0 unspecified atom stereocenters. The summed E-state index contributed by atoms with van der Waals surface area (Å²) in [5.41, 5.74) is 6.91. The topological polar surface area (TPSA) is 68.0 Å². The van der Waals surface area contributed by atoms with Gasteiger partial charge in [0.15, 0.2) is 11.5 Å². The summed E-state index contributed by atoms with van der Waals surface area (Å²) in [5, 5.41) is 9.26. The molecule has 1 saturated heterocycles. The SMILES string of the molecule is NC1(CO)CCN(Cc2ccc3c(c2)OCO3)CC1. The van der Waals surface area contributed by atoms with Gasteiger partial charge in [-0.15, -0.1) is 0 Å². The summed E-state index contributed by atoms with van der Waals surface area (Å²) in [6.07, 6.45) is 1.68. The number of fused-ring (bicyclic) bond motifs is 1. The van der Waals surface area contributed by atoms with Crippen molar-refractivity contribution in [2.75, 3.05) is 26.5 Å². The third-order valence-corrected chi connectivity index (χ3v) is 4.01. The molecule has 0 aliphatic carbocycles. The lowest BCUT2D eigenvalue weighted by molar-refractivity contribution is 0.102. The molecule has 0 amide bonds. The summed E-state index contributed by atoms with van der Waals surface area (Å²) in [4.78, 5) is 2.36. The third-order valence-electron chi connectivity index (χ3n) is 4.01. The van der Waals surface area contributed by atoms with Crippen LogP contribution in [0.25, 0.3) is 0 Å². The first kappa shape index (κ1) is 12.7. The number of hydrogen-bond donors (Lipinski definition) is 2. The van der Waals surface area contributed by atoms with Crippen LogP contribution in [-0.2, 0) is 6.54 Å². The fraction of sp³-hybridized carbons (Fsp3) is 0.571. The van der Waals surface area contributed by atoms with Crippen molar-refractivity contribution < 1.29 is 14.6 Å². The Balaban J connectivity index is 1.61. The molecule has 1 fully saturated rings. The molecule has 1 aromatic carbocycles. The Morgan fingerprint density at radius 1 is 1.21 bits per heavy atom. The zero-order valence-corrected chi connectivity index (χ0v) is 11.0. The number of nitrogens with zero attached hydrogens (tertiary/aromatic N) is 1. The van der Waals surface area contributed by atoms with Crippen LogP contribution in [0.3, 0.4) is 0 Å². The first-order valence-electron chi connectivity index (χ1n) is 6.69.